The first-order chi connectivity index (χ1) is 9.70. The Bertz CT molecular complexity index is 720. The highest BCUT2D eigenvalue weighted by molar-refractivity contribution is 7.89. The summed E-state index contributed by atoms with van der Waals surface area (Å²) in [7, 11) is -5.50. The van der Waals surface area contributed by atoms with Crippen LogP contribution >= 0.6 is 11.6 Å². The second kappa shape index (κ2) is 5.84. The van der Waals surface area contributed by atoms with Crippen LogP contribution in [0.2, 0.25) is 5.15 Å². The predicted molar refractivity (Wildman–Crippen MR) is 78.0 cm³/mol. The number of sulfonamides is 2. The van der Waals surface area contributed by atoms with Gasteiger partial charge in [0.15, 0.2) is 0 Å². The number of imidazole rings is 1. The van der Waals surface area contributed by atoms with Gasteiger partial charge in [-0.15, -0.1) is 0 Å². The molecule has 0 aliphatic carbocycles. The molecule has 0 N–H and O–H groups in total. The summed E-state index contributed by atoms with van der Waals surface area (Å²) >= 11 is 5.92. The molecule has 0 spiro atoms. The molecule has 11 heteroatoms. The number of hydrogen-bond donors (Lipinski definition) is 0. The molecule has 1 fully saturated rings. The highest BCUT2D eigenvalue weighted by Gasteiger charge is 2.34. The Hall–Kier alpha value is -0.680. The van der Waals surface area contributed by atoms with Gasteiger partial charge in [0.25, 0.3) is 10.0 Å². The molecule has 2 heterocycles. The second-order valence-electron chi connectivity index (χ2n) is 4.66. The Balaban J connectivity index is 2.17. The van der Waals surface area contributed by atoms with E-state index in [0.29, 0.717) is 0 Å². The van der Waals surface area contributed by atoms with Crippen LogP contribution in [0.5, 0.6) is 0 Å². The standard InChI is InChI=1S/C10H17ClN4O4S2/c1-3-20(16,17)14-4-6-15(7-5-14)21(18,19)10-9(11)13(2)8-12-10/h8H,3-7H2,1-2H3. The van der Waals surface area contributed by atoms with E-state index in [1.807, 2.05) is 0 Å². The molecule has 1 aromatic heterocycles. The molecule has 2 rings (SSSR count). The lowest BCUT2D eigenvalue weighted by atomic mass is 10.4. The van der Waals surface area contributed by atoms with Gasteiger partial charge in [0, 0.05) is 33.2 Å². The summed E-state index contributed by atoms with van der Waals surface area (Å²) in [5.41, 5.74) is 0. The summed E-state index contributed by atoms with van der Waals surface area (Å²) in [5.74, 6) is 0.00577. The zero-order valence-electron chi connectivity index (χ0n) is 11.7. The van der Waals surface area contributed by atoms with Crippen LogP contribution in [-0.2, 0) is 27.1 Å². The molecule has 0 atom stereocenters. The van der Waals surface area contributed by atoms with Crippen LogP contribution < -0.4 is 0 Å². The number of nitrogens with zero attached hydrogens (tertiary/aromatic N) is 4. The first-order valence-electron chi connectivity index (χ1n) is 6.35. The summed E-state index contributed by atoms with van der Waals surface area (Å²) in [5, 5.41) is -0.155. The monoisotopic (exact) mass is 356 g/mol. The van der Waals surface area contributed by atoms with Crippen molar-refractivity contribution in [2.75, 3.05) is 31.9 Å². The van der Waals surface area contributed by atoms with Gasteiger partial charge in [-0.1, -0.05) is 11.6 Å². The third kappa shape index (κ3) is 3.09. The zero-order valence-corrected chi connectivity index (χ0v) is 14.1. The van der Waals surface area contributed by atoms with Gasteiger partial charge in [-0.3, -0.25) is 0 Å². The van der Waals surface area contributed by atoms with E-state index in [2.05, 4.69) is 4.98 Å². The quantitative estimate of drug-likeness (QED) is 0.740. The molecular formula is C10H17ClN4O4S2. The lowest BCUT2D eigenvalue weighted by Crippen LogP contribution is -2.50. The predicted octanol–water partition coefficient (Wildman–Crippen LogP) is -0.270. The summed E-state index contributed by atoms with van der Waals surface area (Å²) < 4.78 is 52.3. The highest BCUT2D eigenvalue weighted by Crippen LogP contribution is 2.23. The Labute approximate surface area is 129 Å². The molecule has 1 aliphatic heterocycles. The van der Waals surface area contributed by atoms with E-state index in [-0.39, 0.29) is 42.1 Å². The molecule has 0 bridgehead atoms. The number of piperazine rings is 1. The van der Waals surface area contributed by atoms with E-state index in [0.717, 1.165) is 0 Å². The SMILES string of the molecule is CCS(=O)(=O)N1CCN(S(=O)(=O)c2ncn(C)c2Cl)CC1. The van der Waals surface area contributed by atoms with Crippen molar-refractivity contribution in [2.45, 2.75) is 11.9 Å². The molecule has 21 heavy (non-hydrogen) atoms. The topological polar surface area (TPSA) is 92.6 Å². The second-order valence-corrected chi connectivity index (χ2v) is 9.12. The van der Waals surface area contributed by atoms with Crippen LogP contribution in [0.25, 0.3) is 0 Å². The minimum Gasteiger partial charge on any atom is -0.324 e. The number of halogens is 1. The van der Waals surface area contributed by atoms with Crippen molar-refractivity contribution in [2.24, 2.45) is 7.05 Å². The first kappa shape index (κ1) is 16.7. The van der Waals surface area contributed by atoms with Crippen molar-refractivity contribution >= 4 is 31.6 Å². The Morgan fingerprint density at radius 2 is 1.67 bits per heavy atom. The normalized spacial score (nSPS) is 19.0. The van der Waals surface area contributed by atoms with E-state index in [9.17, 15) is 16.8 Å². The fourth-order valence-electron chi connectivity index (χ4n) is 2.06. The van der Waals surface area contributed by atoms with Gasteiger partial charge in [0.1, 0.15) is 5.15 Å². The van der Waals surface area contributed by atoms with Crippen molar-refractivity contribution in [1.29, 1.82) is 0 Å². The van der Waals surface area contributed by atoms with Crippen LogP contribution in [0, 0.1) is 0 Å². The van der Waals surface area contributed by atoms with Gasteiger partial charge in [0.2, 0.25) is 15.0 Å². The van der Waals surface area contributed by atoms with E-state index >= 15 is 0 Å². The summed E-state index contributed by atoms with van der Waals surface area (Å²) in [6.07, 6.45) is 1.33. The molecule has 1 aromatic rings. The molecule has 0 radical (unpaired) electrons. The molecule has 1 saturated heterocycles. The van der Waals surface area contributed by atoms with Gasteiger partial charge in [-0.05, 0) is 6.92 Å². The maximum atomic E-state index is 12.4. The summed E-state index contributed by atoms with van der Waals surface area (Å²) in [4.78, 5) is 3.82. The Kier molecular flexibility index (Phi) is 4.64. The average molecular weight is 357 g/mol. The third-order valence-electron chi connectivity index (χ3n) is 3.37. The molecule has 0 amide bonds. The van der Waals surface area contributed by atoms with Crippen LogP contribution in [0.15, 0.2) is 11.4 Å². The highest BCUT2D eigenvalue weighted by atomic mass is 35.5. The number of aromatic nitrogens is 2. The maximum absolute atomic E-state index is 12.4. The van der Waals surface area contributed by atoms with Gasteiger partial charge >= 0.3 is 0 Å². The molecule has 0 aromatic carbocycles. The summed E-state index contributed by atoms with van der Waals surface area (Å²) in [6.45, 7) is 2.02. The maximum Gasteiger partial charge on any atom is 0.263 e. The van der Waals surface area contributed by atoms with Crippen LogP contribution in [0.4, 0.5) is 0 Å². The van der Waals surface area contributed by atoms with Crippen molar-refractivity contribution in [3.05, 3.63) is 11.5 Å². The third-order valence-corrected chi connectivity index (χ3v) is 7.65. The lowest BCUT2D eigenvalue weighted by molar-refractivity contribution is 0.272. The minimum absolute atomic E-state index is 0.00577. The smallest absolute Gasteiger partial charge is 0.263 e. The van der Waals surface area contributed by atoms with Crippen LogP contribution in [0.1, 0.15) is 6.92 Å². The lowest BCUT2D eigenvalue weighted by Gasteiger charge is -2.32. The number of aryl methyl sites for hydroxylation is 1. The van der Waals surface area contributed by atoms with Gasteiger partial charge < -0.3 is 4.57 Å². The zero-order chi connectivity index (χ0) is 15.8. The van der Waals surface area contributed by atoms with E-state index in [1.54, 1.807) is 14.0 Å². The molecule has 0 unspecified atom stereocenters. The van der Waals surface area contributed by atoms with Gasteiger partial charge in [-0.25, -0.2) is 21.8 Å². The molecular weight excluding hydrogens is 340 g/mol. The average Bonchev–Trinajstić information content (AvgIpc) is 2.79. The van der Waals surface area contributed by atoms with Gasteiger partial charge in [-0.2, -0.15) is 8.61 Å². The number of rotatable bonds is 4. The minimum atomic E-state index is -3.80. The van der Waals surface area contributed by atoms with E-state index in [4.69, 9.17) is 11.6 Å². The fraction of sp³-hybridized carbons (Fsp3) is 0.700. The molecule has 120 valence electrons. The largest absolute Gasteiger partial charge is 0.324 e. The van der Waals surface area contributed by atoms with Crippen molar-refractivity contribution in [3.63, 3.8) is 0 Å². The first-order valence-corrected chi connectivity index (χ1v) is 9.77. The van der Waals surface area contributed by atoms with Crippen molar-refractivity contribution < 1.29 is 16.8 Å². The van der Waals surface area contributed by atoms with E-state index < -0.39 is 20.0 Å². The fourth-order valence-corrected chi connectivity index (χ4v) is 4.96. The van der Waals surface area contributed by atoms with Gasteiger partial charge in [0.05, 0.1) is 12.1 Å². The van der Waals surface area contributed by atoms with Crippen LogP contribution in [0.3, 0.4) is 0 Å². The Morgan fingerprint density at radius 1 is 1.14 bits per heavy atom. The number of hydrogen-bond acceptors (Lipinski definition) is 5. The van der Waals surface area contributed by atoms with E-state index in [1.165, 1.54) is 19.5 Å². The molecule has 0 saturated carbocycles. The van der Waals surface area contributed by atoms with Crippen LogP contribution in [-0.4, -0.2) is 66.9 Å². The Morgan fingerprint density at radius 3 is 2.10 bits per heavy atom. The van der Waals surface area contributed by atoms with Crippen molar-refractivity contribution in [3.8, 4) is 0 Å². The summed E-state index contributed by atoms with van der Waals surface area (Å²) in [6, 6.07) is 0. The molecule has 1 aliphatic rings. The molecule has 8 nitrogen and oxygen atoms in total. The van der Waals surface area contributed by atoms with Crippen molar-refractivity contribution in [1.82, 2.24) is 18.2 Å².